The lowest BCUT2D eigenvalue weighted by molar-refractivity contribution is -0.101. The summed E-state index contributed by atoms with van der Waals surface area (Å²) in [5.41, 5.74) is 12.0. The number of allylic oxidation sites excluding steroid dienone is 10. The van der Waals surface area contributed by atoms with Crippen molar-refractivity contribution in [1.29, 1.82) is 0 Å². The van der Waals surface area contributed by atoms with Gasteiger partial charge in [-0.25, -0.2) is 5.06 Å². The Bertz CT molecular complexity index is 1660. The van der Waals surface area contributed by atoms with Crippen LogP contribution in [0, 0.1) is 30.6 Å². The zero-order valence-corrected chi connectivity index (χ0v) is 33.3. The van der Waals surface area contributed by atoms with Crippen LogP contribution in [0.3, 0.4) is 0 Å². The van der Waals surface area contributed by atoms with Gasteiger partial charge in [-0.2, -0.15) is 0 Å². The molecule has 3 aliphatic heterocycles. The summed E-state index contributed by atoms with van der Waals surface area (Å²) in [5.74, 6) is 4.69. The smallest absolute Gasteiger partial charge is 0.156 e. The first-order valence-electron chi connectivity index (χ1n) is 20.7. The second kappa shape index (κ2) is 19.9. The molecule has 5 unspecified atom stereocenters. The molecule has 0 aromatic heterocycles. The second-order valence-electron chi connectivity index (χ2n) is 15.6. The van der Waals surface area contributed by atoms with Crippen molar-refractivity contribution in [2.45, 2.75) is 85.1 Å². The third-order valence-electron chi connectivity index (χ3n) is 11.3. The number of fused-ring (bicyclic) bond motifs is 2. The first-order valence-corrected chi connectivity index (χ1v) is 20.7. The molecule has 2 fully saturated rings. The van der Waals surface area contributed by atoms with E-state index in [0.717, 1.165) is 81.5 Å². The fourth-order valence-electron chi connectivity index (χ4n) is 8.04. The molecule has 7 aliphatic rings. The molecule has 288 valence electrons. The molecular formula is C48H64N4O2. The molecule has 0 radical (unpaired) electrons. The fraction of sp³-hybridized carbons (Fsp3) is 0.458. The Morgan fingerprint density at radius 1 is 0.778 bits per heavy atom. The summed E-state index contributed by atoms with van der Waals surface area (Å²) < 4.78 is 0. The molecule has 0 saturated carbocycles. The van der Waals surface area contributed by atoms with Crippen molar-refractivity contribution in [3.05, 3.63) is 149 Å². The van der Waals surface area contributed by atoms with Crippen LogP contribution in [0.2, 0.25) is 0 Å². The minimum absolute atomic E-state index is 0.271. The van der Waals surface area contributed by atoms with Gasteiger partial charge in [0.05, 0.1) is 24.8 Å². The van der Waals surface area contributed by atoms with Crippen molar-refractivity contribution in [3.63, 3.8) is 0 Å². The SMILES string of the molecule is CCC1C=CC=CC1CN.CCCC1C=CC(N2CC/C=C\C=C/C(C)C2)=CC1.Cc1ccc(N2CC3=CC(N4CC5=CCCC=C5O4)CC=C3O2)cc1. The molecule has 54 heavy (non-hydrogen) atoms. The molecule has 1 aromatic carbocycles. The normalized spacial score (nSPS) is 28.3. The minimum Gasteiger partial charge on any atom is -0.405 e. The van der Waals surface area contributed by atoms with Gasteiger partial charge in [0.2, 0.25) is 0 Å². The summed E-state index contributed by atoms with van der Waals surface area (Å²) in [6, 6.07) is 8.73. The van der Waals surface area contributed by atoms with Gasteiger partial charge in [-0.1, -0.05) is 118 Å². The fourth-order valence-corrected chi connectivity index (χ4v) is 8.04. The lowest BCUT2D eigenvalue weighted by Crippen LogP contribution is -2.31. The molecule has 1 aromatic rings. The largest absolute Gasteiger partial charge is 0.405 e. The van der Waals surface area contributed by atoms with E-state index in [1.807, 2.05) is 5.06 Å². The van der Waals surface area contributed by atoms with E-state index in [-0.39, 0.29) is 6.04 Å². The van der Waals surface area contributed by atoms with Gasteiger partial charge < -0.3 is 20.3 Å². The Labute approximate surface area is 326 Å². The number of nitrogens with two attached hydrogens (primary N) is 1. The summed E-state index contributed by atoms with van der Waals surface area (Å²) in [6.07, 6.45) is 43.1. The first-order chi connectivity index (χ1) is 26.4. The number of benzene rings is 1. The predicted molar refractivity (Wildman–Crippen MR) is 226 cm³/mol. The van der Waals surface area contributed by atoms with E-state index in [9.17, 15) is 0 Å². The summed E-state index contributed by atoms with van der Waals surface area (Å²) in [7, 11) is 0. The molecule has 0 bridgehead atoms. The average Bonchev–Trinajstić information content (AvgIpc) is 3.86. The van der Waals surface area contributed by atoms with Gasteiger partial charge in [-0.05, 0) is 112 Å². The van der Waals surface area contributed by atoms with Gasteiger partial charge in [-0.15, -0.1) is 5.06 Å². The van der Waals surface area contributed by atoms with Crippen molar-refractivity contribution in [3.8, 4) is 0 Å². The molecule has 4 aliphatic carbocycles. The highest BCUT2D eigenvalue weighted by atomic mass is 16.7. The monoisotopic (exact) mass is 729 g/mol. The number of rotatable bonds is 7. The van der Waals surface area contributed by atoms with Crippen molar-refractivity contribution >= 4 is 5.69 Å². The molecule has 5 atom stereocenters. The van der Waals surface area contributed by atoms with E-state index in [0.29, 0.717) is 17.8 Å². The van der Waals surface area contributed by atoms with Crippen LogP contribution in [0.4, 0.5) is 5.69 Å². The zero-order chi connectivity index (χ0) is 37.7. The quantitative estimate of drug-likeness (QED) is 0.302. The summed E-state index contributed by atoms with van der Waals surface area (Å²) >= 11 is 0. The van der Waals surface area contributed by atoms with E-state index in [2.05, 4.69) is 153 Å². The van der Waals surface area contributed by atoms with Crippen LogP contribution in [0.25, 0.3) is 0 Å². The number of aryl methyl sites for hydroxylation is 1. The third-order valence-corrected chi connectivity index (χ3v) is 11.3. The Hall–Kier alpha value is -4.26. The summed E-state index contributed by atoms with van der Waals surface area (Å²) in [5, 5.41) is 4.08. The number of anilines is 1. The second-order valence-corrected chi connectivity index (χ2v) is 15.6. The van der Waals surface area contributed by atoms with E-state index in [1.54, 1.807) is 0 Å². The Morgan fingerprint density at radius 3 is 2.28 bits per heavy atom. The average molecular weight is 729 g/mol. The highest BCUT2D eigenvalue weighted by molar-refractivity contribution is 5.52. The highest BCUT2D eigenvalue weighted by Crippen LogP contribution is 2.36. The van der Waals surface area contributed by atoms with Crippen molar-refractivity contribution in [2.24, 2.45) is 29.4 Å². The maximum Gasteiger partial charge on any atom is 0.156 e. The predicted octanol–water partition coefficient (Wildman–Crippen LogP) is 10.6. The Kier molecular flexibility index (Phi) is 14.5. The van der Waals surface area contributed by atoms with Crippen LogP contribution >= 0.6 is 0 Å². The molecule has 0 amide bonds. The van der Waals surface area contributed by atoms with E-state index < -0.39 is 0 Å². The number of hydrogen-bond acceptors (Lipinski definition) is 6. The maximum absolute atomic E-state index is 6.08. The van der Waals surface area contributed by atoms with Gasteiger partial charge in [0.1, 0.15) is 5.76 Å². The third kappa shape index (κ3) is 10.7. The maximum atomic E-state index is 6.08. The number of hydrogen-bond donors (Lipinski definition) is 1. The zero-order valence-electron chi connectivity index (χ0n) is 33.3. The Balaban J connectivity index is 0.000000152. The molecule has 0 spiro atoms. The van der Waals surface area contributed by atoms with Crippen molar-refractivity contribution in [2.75, 3.05) is 37.8 Å². The van der Waals surface area contributed by atoms with Crippen LogP contribution in [-0.2, 0) is 9.68 Å². The van der Waals surface area contributed by atoms with Crippen molar-refractivity contribution in [1.82, 2.24) is 9.96 Å². The number of hydroxylamine groups is 3. The van der Waals surface area contributed by atoms with E-state index in [4.69, 9.17) is 15.4 Å². The van der Waals surface area contributed by atoms with Gasteiger partial charge in [0.15, 0.2) is 5.76 Å². The van der Waals surface area contributed by atoms with Crippen LogP contribution in [-0.4, -0.2) is 48.7 Å². The lowest BCUT2D eigenvalue weighted by Gasteiger charge is -2.29. The molecule has 8 rings (SSSR count). The van der Waals surface area contributed by atoms with E-state index in [1.165, 1.54) is 48.1 Å². The molecular weight excluding hydrogens is 665 g/mol. The standard InChI is InChI=1S/C21H22N2O2.C18H27N.C9H15N/c1-15-6-8-18(9-7-15)22-14-17-12-19(10-11-21(17)25-22)23-13-16-4-2-3-5-20(16)24-23;1-3-8-17-10-12-18(13-11-17)19-14-7-5-4-6-9-16(2)15-19;1-2-8-5-3-4-6-9(8)7-10/h4-9,11-12,19H,2-3,10,13-14H2,1H3;4-6,9-10,12-13,16-17H,3,7-8,11,14-15H2,1-2H3;3-6,8-9H,2,7,10H2,1H3/b;5-4-,9-6-;. The van der Waals surface area contributed by atoms with Crippen molar-refractivity contribution < 1.29 is 9.68 Å². The molecule has 6 nitrogen and oxygen atoms in total. The molecule has 6 heteroatoms. The van der Waals surface area contributed by atoms with Gasteiger partial charge in [-0.3, -0.25) is 0 Å². The van der Waals surface area contributed by atoms with Crippen LogP contribution in [0.5, 0.6) is 0 Å². The topological polar surface area (TPSA) is 54.2 Å². The Morgan fingerprint density at radius 2 is 1.56 bits per heavy atom. The minimum atomic E-state index is 0.271. The number of nitrogens with zero attached hydrogens (tertiary/aromatic N) is 3. The van der Waals surface area contributed by atoms with E-state index >= 15 is 0 Å². The van der Waals surface area contributed by atoms with Crippen LogP contribution in [0.15, 0.2) is 144 Å². The van der Waals surface area contributed by atoms with Gasteiger partial charge >= 0.3 is 0 Å². The van der Waals surface area contributed by atoms with Crippen LogP contribution in [0.1, 0.15) is 77.7 Å². The van der Waals surface area contributed by atoms with Gasteiger partial charge in [0, 0.05) is 29.9 Å². The molecule has 2 N–H and O–H groups in total. The highest BCUT2D eigenvalue weighted by Gasteiger charge is 2.34. The van der Waals surface area contributed by atoms with Gasteiger partial charge in [0.25, 0.3) is 0 Å². The molecule has 3 heterocycles. The summed E-state index contributed by atoms with van der Waals surface area (Å²) in [6.45, 7) is 13.6. The molecule has 2 saturated heterocycles. The lowest BCUT2D eigenvalue weighted by atomic mass is 9.87. The summed E-state index contributed by atoms with van der Waals surface area (Å²) in [4.78, 5) is 14.7. The first kappa shape index (κ1) is 39.4. The van der Waals surface area contributed by atoms with Crippen LogP contribution < -0.4 is 10.8 Å².